The summed E-state index contributed by atoms with van der Waals surface area (Å²) in [5.74, 6) is -0.834. The molecular formula is C26H28FN3O3. The van der Waals surface area contributed by atoms with Crippen LogP contribution >= 0.6 is 0 Å². The van der Waals surface area contributed by atoms with Gasteiger partial charge in [-0.05, 0) is 54.0 Å². The number of anilines is 1. The summed E-state index contributed by atoms with van der Waals surface area (Å²) < 4.78 is 19.8. The van der Waals surface area contributed by atoms with Crippen LogP contribution in [0.15, 0.2) is 28.8 Å². The van der Waals surface area contributed by atoms with E-state index < -0.39 is 0 Å². The molecule has 1 N–H and O–H groups in total. The predicted octanol–water partition coefficient (Wildman–Crippen LogP) is 5.09. The summed E-state index contributed by atoms with van der Waals surface area (Å²) in [5, 5.41) is 7.15. The lowest BCUT2D eigenvalue weighted by atomic mass is 9.78. The second kappa shape index (κ2) is 7.68. The molecule has 2 aliphatic heterocycles. The summed E-state index contributed by atoms with van der Waals surface area (Å²) in [7, 11) is 0. The predicted molar refractivity (Wildman–Crippen MR) is 124 cm³/mol. The zero-order chi connectivity index (χ0) is 23.5. The smallest absolute Gasteiger partial charge is 0.259 e. The molecule has 5 rings (SSSR count). The number of halogens is 1. The normalized spacial score (nSPS) is 17.1. The molecule has 2 amide bonds. The second-order valence-corrected chi connectivity index (χ2v) is 10.0. The van der Waals surface area contributed by atoms with Gasteiger partial charge >= 0.3 is 0 Å². The van der Waals surface area contributed by atoms with E-state index in [1.807, 2.05) is 13.0 Å². The zero-order valence-electron chi connectivity index (χ0n) is 19.4. The van der Waals surface area contributed by atoms with Crippen LogP contribution in [0.1, 0.15) is 84.0 Å². The molecule has 2 aliphatic rings. The Balaban J connectivity index is 1.52. The van der Waals surface area contributed by atoms with Gasteiger partial charge in [0.25, 0.3) is 11.8 Å². The van der Waals surface area contributed by atoms with E-state index in [1.54, 1.807) is 12.1 Å². The van der Waals surface area contributed by atoms with Crippen molar-refractivity contribution in [3.8, 4) is 0 Å². The number of hydrogen-bond donors (Lipinski definition) is 1. The summed E-state index contributed by atoms with van der Waals surface area (Å²) in [6.45, 7) is 9.94. The van der Waals surface area contributed by atoms with Crippen molar-refractivity contribution in [1.82, 2.24) is 10.5 Å². The highest BCUT2D eigenvalue weighted by atomic mass is 19.1. The maximum absolute atomic E-state index is 14.5. The van der Waals surface area contributed by atoms with Crippen molar-refractivity contribution in [2.75, 3.05) is 18.0 Å². The molecule has 7 heteroatoms. The minimum Gasteiger partial charge on any atom is -0.371 e. The van der Waals surface area contributed by atoms with Crippen LogP contribution in [0.25, 0.3) is 11.0 Å². The Morgan fingerprint density at radius 2 is 1.91 bits per heavy atom. The van der Waals surface area contributed by atoms with Crippen molar-refractivity contribution in [1.29, 1.82) is 0 Å². The molecule has 0 atom stereocenters. The first-order chi connectivity index (χ1) is 15.7. The Labute approximate surface area is 192 Å². The summed E-state index contributed by atoms with van der Waals surface area (Å²) >= 11 is 0. The van der Waals surface area contributed by atoms with Crippen molar-refractivity contribution in [2.45, 2.75) is 58.3 Å². The molecule has 3 aromatic rings. The maximum atomic E-state index is 14.5. The number of nitrogens with one attached hydrogen (secondary N) is 1. The average molecular weight is 450 g/mol. The van der Waals surface area contributed by atoms with Gasteiger partial charge in [0, 0.05) is 24.7 Å². The van der Waals surface area contributed by atoms with E-state index in [4.69, 9.17) is 4.52 Å². The number of rotatable bonds is 3. The lowest BCUT2D eigenvalue weighted by Crippen LogP contribution is -2.35. The third-order valence-electron chi connectivity index (χ3n) is 6.91. The van der Waals surface area contributed by atoms with E-state index in [0.29, 0.717) is 34.2 Å². The van der Waals surface area contributed by atoms with Gasteiger partial charge in [-0.25, -0.2) is 4.39 Å². The van der Waals surface area contributed by atoms with Crippen LogP contribution in [-0.4, -0.2) is 30.1 Å². The van der Waals surface area contributed by atoms with E-state index in [0.717, 1.165) is 42.7 Å². The standard InChI is InChI=1S/C26H28FN3O3/c1-5-15-20-16(24(31)28-25(20)32)13-18(22(15)26(2,3)4)30-11-9-14(10-12-30)23-21-17(27)7-6-8-19(21)33-29-23/h6-8,13-14H,5,9-12H2,1-4H3,(H,28,31,32). The molecule has 1 saturated heterocycles. The van der Waals surface area contributed by atoms with Crippen LogP contribution in [0.4, 0.5) is 10.1 Å². The number of carbonyl (C=O) groups excluding carboxylic acids is 2. The Hall–Kier alpha value is -3.22. The zero-order valence-corrected chi connectivity index (χ0v) is 19.4. The molecule has 0 saturated carbocycles. The molecule has 0 spiro atoms. The van der Waals surface area contributed by atoms with E-state index >= 15 is 0 Å². The molecule has 6 nitrogen and oxygen atoms in total. The van der Waals surface area contributed by atoms with Crippen LogP contribution in [0, 0.1) is 5.82 Å². The maximum Gasteiger partial charge on any atom is 0.259 e. The van der Waals surface area contributed by atoms with Gasteiger partial charge in [-0.3, -0.25) is 14.9 Å². The average Bonchev–Trinajstić information content (AvgIpc) is 3.34. The third-order valence-corrected chi connectivity index (χ3v) is 6.91. The fraction of sp³-hybridized carbons (Fsp3) is 0.423. The number of imide groups is 1. The van der Waals surface area contributed by atoms with Crippen LogP contribution in [0.5, 0.6) is 0 Å². The van der Waals surface area contributed by atoms with Gasteiger partial charge in [0.2, 0.25) is 0 Å². The fourth-order valence-electron chi connectivity index (χ4n) is 5.48. The first kappa shape index (κ1) is 21.6. The van der Waals surface area contributed by atoms with Crippen LogP contribution in [-0.2, 0) is 11.8 Å². The molecule has 33 heavy (non-hydrogen) atoms. The Morgan fingerprint density at radius 1 is 1.18 bits per heavy atom. The summed E-state index contributed by atoms with van der Waals surface area (Å²) in [6, 6.07) is 6.70. The lowest BCUT2D eigenvalue weighted by Gasteiger charge is -2.38. The van der Waals surface area contributed by atoms with Crippen LogP contribution in [0.3, 0.4) is 0 Å². The highest BCUT2D eigenvalue weighted by Gasteiger charge is 2.37. The van der Waals surface area contributed by atoms with E-state index in [2.05, 4.69) is 36.1 Å². The summed E-state index contributed by atoms with van der Waals surface area (Å²) in [6.07, 6.45) is 2.26. The molecule has 1 fully saturated rings. The van der Waals surface area contributed by atoms with Gasteiger partial charge in [-0.15, -0.1) is 0 Å². The Kier molecular flexibility index (Phi) is 5.03. The second-order valence-electron chi connectivity index (χ2n) is 10.0. The third kappa shape index (κ3) is 3.41. The number of amides is 2. The van der Waals surface area contributed by atoms with E-state index in [-0.39, 0.29) is 29.0 Å². The van der Waals surface area contributed by atoms with Gasteiger partial charge in [0.1, 0.15) is 5.82 Å². The van der Waals surface area contributed by atoms with Crippen LogP contribution < -0.4 is 10.2 Å². The molecule has 172 valence electrons. The number of aromatic nitrogens is 1. The first-order valence-corrected chi connectivity index (χ1v) is 11.6. The molecule has 0 unspecified atom stereocenters. The van der Waals surface area contributed by atoms with Crippen LogP contribution in [0.2, 0.25) is 0 Å². The number of carbonyl (C=O) groups is 2. The number of piperidine rings is 1. The van der Waals surface area contributed by atoms with E-state index in [9.17, 15) is 14.0 Å². The monoisotopic (exact) mass is 449 g/mol. The topological polar surface area (TPSA) is 75.4 Å². The number of nitrogens with zero attached hydrogens (tertiary/aromatic N) is 2. The van der Waals surface area contributed by atoms with E-state index in [1.165, 1.54) is 6.07 Å². The van der Waals surface area contributed by atoms with Gasteiger partial charge < -0.3 is 9.42 Å². The quantitative estimate of drug-likeness (QED) is 0.564. The molecule has 0 bridgehead atoms. The first-order valence-electron chi connectivity index (χ1n) is 11.6. The van der Waals surface area contributed by atoms with Gasteiger partial charge in [-0.2, -0.15) is 0 Å². The molecule has 3 heterocycles. The largest absolute Gasteiger partial charge is 0.371 e. The van der Waals surface area contributed by atoms with Gasteiger partial charge in [0.05, 0.1) is 22.2 Å². The Bertz CT molecular complexity index is 1280. The van der Waals surface area contributed by atoms with Gasteiger partial charge in [-0.1, -0.05) is 38.9 Å². The minimum absolute atomic E-state index is 0.0995. The SMILES string of the molecule is CCc1c2c(cc(N3CCC(c4noc5cccc(F)c45)CC3)c1C(C)(C)C)C(=O)NC2=O. The van der Waals surface area contributed by atoms with Crippen molar-refractivity contribution in [3.63, 3.8) is 0 Å². The van der Waals surface area contributed by atoms with Crippen molar-refractivity contribution in [3.05, 3.63) is 58.0 Å². The molecular weight excluding hydrogens is 421 g/mol. The lowest BCUT2D eigenvalue weighted by molar-refractivity contribution is 0.0879. The number of benzene rings is 2. The van der Waals surface area contributed by atoms with Gasteiger partial charge in [0.15, 0.2) is 5.58 Å². The summed E-state index contributed by atoms with van der Waals surface area (Å²) in [5.41, 5.74) is 5.02. The number of hydrogen-bond acceptors (Lipinski definition) is 5. The fourth-order valence-corrected chi connectivity index (χ4v) is 5.48. The number of fused-ring (bicyclic) bond motifs is 2. The molecule has 0 aliphatic carbocycles. The summed E-state index contributed by atoms with van der Waals surface area (Å²) in [4.78, 5) is 27.3. The van der Waals surface area contributed by atoms with Crippen molar-refractivity contribution in [2.24, 2.45) is 0 Å². The highest BCUT2D eigenvalue weighted by Crippen LogP contribution is 2.42. The molecule has 0 radical (unpaired) electrons. The molecule has 2 aromatic carbocycles. The Morgan fingerprint density at radius 3 is 2.58 bits per heavy atom. The van der Waals surface area contributed by atoms with Crippen molar-refractivity contribution < 1.29 is 18.5 Å². The molecule has 1 aromatic heterocycles. The minimum atomic E-state index is -0.328. The highest BCUT2D eigenvalue weighted by molar-refractivity contribution is 6.22. The van der Waals surface area contributed by atoms with Crippen molar-refractivity contribution >= 4 is 28.5 Å².